The van der Waals surface area contributed by atoms with Crippen molar-refractivity contribution in [3.8, 4) is 5.75 Å². The molecule has 2 fully saturated rings. The molecule has 2 aliphatic rings. The third-order valence-electron chi connectivity index (χ3n) is 7.31. The van der Waals surface area contributed by atoms with E-state index in [9.17, 15) is 9.90 Å². The Labute approximate surface area is 207 Å². The number of nitrogens with zero attached hydrogens (tertiary/aromatic N) is 1. The van der Waals surface area contributed by atoms with Crippen molar-refractivity contribution in [1.29, 1.82) is 0 Å². The van der Waals surface area contributed by atoms with Crippen LogP contribution in [0.3, 0.4) is 0 Å². The second-order valence-corrected chi connectivity index (χ2v) is 10.1. The Bertz CT molecular complexity index is 1170. The van der Waals surface area contributed by atoms with Crippen LogP contribution < -0.4 is 15.4 Å². The molecule has 35 heavy (non-hydrogen) atoms. The molecule has 0 bridgehead atoms. The number of carbonyl (C=O) groups is 1. The predicted molar refractivity (Wildman–Crippen MR) is 139 cm³/mol. The van der Waals surface area contributed by atoms with Crippen LogP contribution in [0.15, 0.2) is 48.7 Å². The number of hydrogen-bond donors (Lipinski definition) is 3. The highest BCUT2D eigenvalue weighted by Crippen LogP contribution is 2.32. The summed E-state index contributed by atoms with van der Waals surface area (Å²) >= 11 is 0. The Morgan fingerprint density at radius 1 is 1.06 bits per heavy atom. The van der Waals surface area contributed by atoms with E-state index in [1.54, 1.807) is 0 Å². The number of benzene rings is 2. The van der Waals surface area contributed by atoms with E-state index in [0.717, 1.165) is 84.6 Å². The molecule has 1 heterocycles. The standard InChI is InChI=1S/C29H35N3O3/c1-19-27(32-29(34)22-4-11-26(12-5-22)35-15-14-20-2-3-20)13-6-23-16-21(18-31-28(19)23)17-30-24-7-9-25(33)10-8-24/h4-6,11-13,16,18,20,24-25,30,33H,2-3,7-10,14-15,17H2,1H3,(H,32,34). The molecule has 0 spiro atoms. The van der Waals surface area contributed by atoms with Crippen molar-refractivity contribution in [3.63, 3.8) is 0 Å². The molecule has 0 unspecified atom stereocenters. The predicted octanol–water partition coefficient (Wildman–Crippen LogP) is 5.37. The Morgan fingerprint density at radius 2 is 1.83 bits per heavy atom. The van der Waals surface area contributed by atoms with E-state index in [-0.39, 0.29) is 12.0 Å². The van der Waals surface area contributed by atoms with Crippen LogP contribution in [-0.2, 0) is 6.54 Å². The van der Waals surface area contributed by atoms with Crippen LogP contribution in [0.25, 0.3) is 10.9 Å². The van der Waals surface area contributed by atoms with Crippen molar-refractivity contribution >= 4 is 22.5 Å². The topological polar surface area (TPSA) is 83.5 Å². The fourth-order valence-corrected chi connectivity index (χ4v) is 4.81. The molecule has 0 aliphatic heterocycles. The number of rotatable bonds is 9. The summed E-state index contributed by atoms with van der Waals surface area (Å²) in [6.07, 6.45) is 9.33. The van der Waals surface area contributed by atoms with E-state index >= 15 is 0 Å². The monoisotopic (exact) mass is 473 g/mol. The summed E-state index contributed by atoms with van der Waals surface area (Å²) in [5, 5.41) is 17.4. The Hall–Kier alpha value is -2.96. The zero-order chi connectivity index (χ0) is 24.2. The summed E-state index contributed by atoms with van der Waals surface area (Å²) in [6.45, 7) is 3.50. The molecule has 5 rings (SSSR count). The maximum atomic E-state index is 12.8. The first-order valence-corrected chi connectivity index (χ1v) is 12.9. The maximum absolute atomic E-state index is 12.8. The first-order valence-electron chi connectivity index (χ1n) is 12.9. The average molecular weight is 474 g/mol. The highest BCUT2D eigenvalue weighted by atomic mass is 16.5. The Morgan fingerprint density at radius 3 is 2.57 bits per heavy atom. The van der Waals surface area contributed by atoms with E-state index < -0.39 is 0 Å². The third kappa shape index (κ3) is 6.19. The second kappa shape index (κ2) is 10.8. The van der Waals surface area contributed by atoms with Crippen molar-refractivity contribution < 1.29 is 14.6 Å². The van der Waals surface area contributed by atoms with Crippen molar-refractivity contribution in [2.24, 2.45) is 5.92 Å². The molecule has 3 aromatic rings. The van der Waals surface area contributed by atoms with Crippen molar-refractivity contribution in [3.05, 3.63) is 65.4 Å². The SMILES string of the molecule is Cc1c(NC(=O)c2ccc(OCCC3CC3)cc2)ccc2cc(CNC3CCC(O)CC3)cnc12. The molecule has 184 valence electrons. The minimum atomic E-state index is -0.143. The first-order chi connectivity index (χ1) is 17.0. The van der Waals surface area contributed by atoms with Crippen LogP contribution in [0.1, 0.15) is 66.4 Å². The molecular weight excluding hydrogens is 438 g/mol. The van der Waals surface area contributed by atoms with Crippen molar-refractivity contribution in [2.45, 2.75) is 70.6 Å². The molecule has 6 heteroatoms. The number of anilines is 1. The van der Waals surface area contributed by atoms with E-state index in [2.05, 4.69) is 16.7 Å². The normalized spacial score (nSPS) is 20.1. The van der Waals surface area contributed by atoms with Gasteiger partial charge in [0.05, 0.1) is 18.2 Å². The molecule has 6 nitrogen and oxygen atoms in total. The van der Waals surface area contributed by atoms with Crippen LogP contribution in [0, 0.1) is 12.8 Å². The molecule has 2 aliphatic carbocycles. The molecule has 0 radical (unpaired) electrons. The quantitative estimate of drug-likeness (QED) is 0.389. The first kappa shape index (κ1) is 23.8. The number of amides is 1. The molecule has 1 amide bonds. The average Bonchev–Trinajstić information content (AvgIpc) is 3.70. The van der Waals surface area contributed by atoms with Gasteiger partial charge in [-0.1, -0.05) is 18.9 Å². The fourth-order valence-electron chi connectivity index (χ4n) is 4.81. The zero-order valence-electron chi connectivity index (χ0n) is 20.4. The highest BCUT2D eigenvalue weighted by Gasteiger charge is 2.21. The number of ether oxygens (including phenoxy) is 1. The number of nitrogens with one attached hydrogen (secondary N) is 2. The smallest absolute Gasteiger partial charge is 0.255 e. The third-order valence-corrected chi connectivity index (χ3v) is 7.31. The van der Waals surface area contributed by atoms with E-state index in [0.29, 0.717) is 11.6 Å². The lowest BCUT2D eigenvalue weighted by molar-refractivity contribution is 0.102. The van der Waals surface area contributed by atoms with Crippen LogP contribution in [0.5, 0.6) is 5.75 Å². The lowest BCUT2D eigenvalue weighted by Gasteiger charge is -2.26. The van der Waals surface area contributed by atoms with Crippen LogP contribution in [0.4, 0.5) is 5.69 Å². The van der Waals surface area contributed by atoms with Gasteiger partial charge in [-0.25, -0.2) is 0 Å². The summed E-state index contributed by atoms with van der Waals surface area (Å²) in [6, 6.07) is 13.9. The van der Waals surface area contributed by atoms with Gasteiger partial charge in [-0.15, -0.1) is 0 Å². The van der Waals surface area contributed by atoms with Crippen molar-refractivity contribution in [1.82, 2.24) is 10.3 Å². The van der Waals surface area contributed by atoms with Gasteiger partial charge in [-0.3, -0.25) is 9.78 Å². The number of carbonyl (C=O) groups excluding carboxylic acids is 1. The van der Waals surface area contributed by atoms with Gasteiger partial charge >= 0.3 is 0 Å². The lowest BCUT2D eigenvalue weighted by Crippen LogP contribution is -2.34. The van der Waals surface area contributed by atoms with Crippen LogP contribution in [0.2, 0.25) is 0 Å². The van der Waals surface area contributed by atoms with Gasteiger partial charge in [0, 0.05) is 35.4 Å². The molecule has 0 atom stereocenters. The summed E-state index contributed by atoms with van der Waals surface area (Å²) < 4.78 is 5.79. The number of aliphatic hydroxyl groups is 1. The van der Waals surface area contributed by atoms with Gasteiger partial charge in [0.1, 0.15) is 5.75 Å². The summed E-state index contributed by atoms with van der Waals surface area (Å²) in [5.41, 5.74) is 4.36. The fraction of sp³-hybridized carbons (Fsp3) is 0.448. The summed E-state index contributed by atoms with van der Waals surface area (Å²) in [4.78, 5) is 17.5. The summed E-state index contributed by atoms with van der Waals surface area (Å²) in [5.74, 6) is 1.51. The van der Waals surface area contributed by atoms with E-state index in [1.165, 1.54) is 12.8 Å². The van der Waals surface area contributed by atoms with E-state index in [1.807, 2.05) is 49.5 Å². The minimum absolute atomic E-state index is 0.136. The van der Waals surface area contributed by atoms with Crippen molar-refractivity contribution in [2.75, 3.05) is 11.9 Å². The zero-order valence-corrected chi connectivity index (χ0v) is 20.4. The number of hydrogen-bond acceptors (Lipinski definition) is 5. The van der Waals surface area contributed by atoms with E-state index in [4.69, 9.17) is 9.72 Å². The maximum Gasteiger partial charge on any atom is 0.255 e. The van der Waals surface area contributed by atoms with Crippen LogP contribution in [-0.4, -0.2) is 34.8 Å². The molecule has 3 N–H and O–H groups in total. The van der Waals surface area contributed by atoms with Gasteiger partial charge < -0.3 is 20.5 Å². The summed E-state index contributed by atoms with van der Waals surface area (Å²) in [7, 11) is 0. The minimum Gasteiger partial charge on any atom is -0.494 e. The number of aryl methyl sites for hydroxylation is 1. The second-order valence-electron chi connectivity index (χ2n) is 10.1. The number of aliphatic hydroxyl groups excluding tert-OH is 1. The van der Waals surface area contributed by atoms with Gasteiger partial charge in [0.25, 0.3) is 5.91 Å². The largest absolute Gasteiger partial charge is 0.494 e. The molecule has 2 saturated carbocycles. The van der Waals surface area contributed by atoms with Gasteiger partial charge in [0.15, 0.2) is 0 Å². The van der Waals surface area contributed by atoms with Gasteiger partial charge in [0.2, 0.25) is 0 Å². The molecule has 2 aromatic carbocycles. The highest BCUT2D eigenvalue weighted by molar-refractivity contribution is 6.06. The van der Waals surface area contributed by atoms with Crippen LogP contribution >= 0.6 is 0 Å². The molecule has 0 saturated heterocycles. The number of aromatic nitrogens is 1. The molecular formula is C29H35N3O3. The molecule has 1 aromatic heterocycles. The number of fused-ring (bicyclic) bond motifs is 1. The lowest BCUT2D eigenvalue weighted by atomic mass is 9.93. The Balaban J connectivity index is 1.19. The number of pyridine rings is 1. The van der Waals surface area contributed by atoms with Gasteiger partial charge in [-0.05, 0) is 92.5 Å². The Kier molecular flexibility index (Phi) is 7.30. The van der Waals surface area contributed by atoms with Gasteiger partial charge in [-0.2, -0.15) is 0 Å².